The van der Waals surface area contributed by atoms with Crippen LogP contribution in [0.5, 0.6) is 5.75 Å². The van der Waals surface area contributed by atoms with Gasteiger partial charge in [-0.25, -0.2) is 4.79 Å². The number of carbonyl (C=O) groups is 2. The number of hydrogen-bond acceptors (Lipinski definition) is 4. The third-order valence-corrected chi connectivity index (χ3v) is 5.51. The first-order chi connectivity index (χ1) is 14.2. The highest BCUT2D eigenvalue weighted by atomic mass is 16.6. The molecule has 0 bridgehead atoms. The van der Waals surface area contributed by atoms with E-state index in [1.165, 1.54) is 18.4 Å². The summed E-state index contributed by atoms with van der Waals surface area (Å²) in [4.78, 5) is 28.7. The van der Waals surface area contributed by atoms with Gasteiger partial charge in [0.1, 0.15) is 5.75 Å². The third-order valence-electron chi connectivity index (χ3n) is 5.51. The lowest BCUT2D eigenvalue weighted by Crippen LogP contribution is -2.52. The minimum atomic E-state index is -0.335. The molecule has 0 aromatic heterocycles. The van der Waals surface area contributed by atoms with Crippen LogP contribution in [0.3, 0.4) is 0 Å². The maximum atomic E-state index is 12.6. The van der Waals surface area contributed by atoms with Crippen LogP contribution in [-0.2, 0) is 4.79 Å². The molecule has 1 unspecified atom stereocenters. The molecule has 1 heterocycles. The van der Waals surface area contributed by atoms with Gasteiger partial charge in [0.25, 0.3) is 0 Å². The second-order valence-corrected chi connectivity index (χ2v) is 7.74. The number of piperazine rings is 1. The highest BCUT2D eigenvalue weighted by molar-refractivity contribution is 5.78. The van der Waals surface area contributed by atoms with E-state index in [2.05, 4.69) is 22.3 Å². The van der Waals surface area contributed by atoms with Gasteiger partial charge >= 0.3 is 6.09 Å². The molecule has 1 N–H and O–H groups in total. The molecule has 29 heavy (non-hydrogen) atoms. The molecule has 1 aliphatic carbocycles. The number of nitrogens with one attached hydrogen (secondary N) is 1. The fourth-order valence-corrected chi connectivity index (χ4v) is 3.73. The summed E-state index contributed by atoms with van der Waals surface area (Å²) in [6, 6.07) is 19.4. The maximum absolute atomic E-state index is 12.6. The quantitative estimate of drug-likeness (QED) is 0.819. The minimum Gasteiger partial charge on any atom is -0.410 e. The van der Waals surface area contributed by atoms with E-state index in [4.69, 9.17) is 4.74 Å². The zero-order valence-corrected chi connectivity index (χ0v) is 16.5. The molecule has 6 nitrogen and oxygen atoms in total. The van der Waals surface area contributed by atoms with E-state index in [-0.39, 0.29) is 18.0 Å². The molecule has 2 aromatic carbocycles. The van der Waals surface area contributed by atoms with Crippen molar-refractivity contribution in [2.45, 2.75) is 18.9 Å². The molecule has 2 amide bonds. The standard InChI is InChI=1S/C23H27N3O3/c27-21(24-22(19-11-12-19)18-7-3-1-4-8-18)17-25-13-15-26(16-14-25)23(28)29-20-9-5-2-6-10-20/h1-10,19,22H,11-17H2,(H,24,27). The molecule has 2 aliphatic rings. The van der Waals surface area contributed by atoms with Crippen LogP contribution in [0.15, 0.2) is 60.7 Å². The first kappa shape index (κ1) is 19.5. The maximum Gasteiger partial charge on any atom is 0.415 e. The summed E-state index contributed by atoms with van der Waals surface area (Å²) in [7, 11) is 0. The highest BCUT2D eigenvalue weighted by Gasteiger charge is 2.33. The van der Waals surface area contributed by atoms with Crippen molar-refractivity contribution in [2.24, 2.45) is 5.92 Å². The van der Waals surface area contributed by atoms with Gasteiger partial charge in [0, 0.05) is 26.2 Å². The van der Waals surface area contributed by atoms with E-state index in [1.54, 1.807) is 17.0 Å². The van der Waals surface area contributed by atoms with E-state index in [0.717, 1.165) is 0 Å². The Morgan fingerprint density at radius 2 is 1.55 bits per heavy atom. The van der Waals surface area contributed by atoms with Crippen LogP contribution in [0.25, 0.3) is 0 Å². The Hall–Kier alpha value is -2.86. The molecule has 1 aliphatic heterocycles. The van der Waals surface area contributed by atoms with Crippen LogP contribution in [0.4, 0.5) is 4.79 Å². The van der Waals surface area contributed by atoms with Crippen molar-refractivity contribution in [2.75, 3.05) is 32.7 Å². The van der Waals surface area contributed by atoms with Gasteiger partial charge in [0.05, 0.1) is 12.6 Å². The summed E-state index contributed by atoms with van der Waals surface area (Å²) in [5, 5.41) is 3.22. The topological polar surface area (TPSA) is 61.9 Å². The monoisotopic (exact) mass is 393 g/mol. The fraction of sp³-hybridized carbons (Fsp3) is 0.391. The van der Waals surface area contributed by atoms with Crippen molar-refractivity contribution < 1.29 is 14.3 Å². The number of benzene rings is 2. The molecule has 1 saturated carbocycles. The van der Waals surface area contributed by atoms with Gasteiger partial charge in [-0.15, -0.1) is 0 Å². The Balaban J connectivity index is 1.24. The van der Waals surface area contributed by atoms with E-state index in [9.17, 15) is 9.59 Å². The molecule has 2 fully saturated rings. The summed E-state index contributed by atoms with van der Waals surface area (Å²) in [5.74, 6) is 1.14. The molecule has 0 spiro atoms. The molecular formula is C23H27N3O3. The molecule has 2 aromatic rings. The van der Waals surface area contributed by atoms with Crippen molar-refractivity contribution in [3.63, 3.8) is 0 Å². The van der Waals surface area contributed by atoms with Gasteiger partial charge in [-0.2, -0.15) is 0 Å². The first-order valence-electron chi connectivity index (χ1n) is 10.3. The van der Waals surface area contributed by atoms with Crippen molar-refractivity contribution >= 4 is 12.0 Å². The molecule has 6 heteroatoms. The number of para-hydroxylation sites is 1. The van der Waals surface area contributed by atoms with E-state index < -0.39 is 0 Å². The molecular weight excluding hydrogens is 366 g/mol. The van der Waals surface area contributed by atoms with Gasteiger partial charge in [0.2, 0.25) is 5.91 Å². The number of rotatable bonds is 6. The summed E-state index contributed by atoms with van der Waals surface area (Å²) < 4.78 is 5.39. The van der Waals surface area contributed by atoms with Crippen molar-refractivity contribution in [1.29, 1.82) is 0 Å². The van der Waals surface area contributed by atoms with Crippen molar-refractivity contribution in [1.82, 2.24) is 15.1 Å². The Bertz CT molecular complexity index is 816. The number of nitrogens with zero attached hydrogens (tertiary/aromatic N) is 2. The number of carbonyl (C=O) groups excluding carboxylic acids is 2. The van der Waals surface area contributed by atoms with Crippen LogP contribution in [0.1, 0.15) is 24.4 Å². The summed E-state index contributed by atoms with van der Waals surface area (Å²) in [6.07, 6.45) is 2.00. The molecule has 1 atom stereocenters. The predicted octanol–water partition coefficient (Wildman–Crippen LogP) is 3.07. The molecule has 1 saturated heterocycles. The Labute approximate surface area is 171 Å². The van der Waals surface area contributed by atoms with Crippen LogP contribution in [0, 0.1) is 5.92 Å². The highest BCUT2D eigenvalue weighted by Crippen LogP contribution is 2.40. The van der Waals surface area contributed by atoms with E-state index >= 15 is 0 Å². The Kier molecular flexibility index (Phi) is 6.10. The van der Waals surface area contributed by atoms with Crippen molar-refractivity contribution in [3.8, 4) is 5.75 Å². The van der Waals surface area contributed by atoms with Gasteiger partial charge in [-0.05, 0) is 36.5 Å². The largest absolute Gasteiger partial charge is 0.415 e. The van der Waals surface area contributed by atoms with Crippen molar-refractivity contribution in [3.05, 3.63) is 66.2 Å². The summed E-state index contributed by atoms with van der Waals surface area (Å²) in [6.45, 7) is 2.80. The normalized spacial score (nSPS) is 18.1. The lowest BCUT2D eigenvalue weighted by molar-refractivity contribution is -0.123. The third kappa shape index (κ3) is 5.35. The Morgan fingerprint density at radius 3 is 2.17 bits per heavy atom. The van der Waals surface area contributed by atoms with Gasteiger partial charge in [-0.1, -0.05) is 48.5 Å². The smallest absolute Gasteiger partial charge is 0.410 e. The molecule has 0 radical (unpaired) electrons. The molecule has 4 rings (SSSR count). The minimum absolute atomic E-state index is 0.0473. The number of hydrogen-bond donors (Lipinski definition) is 1. The summed E-state index contributed by atoms with van der Waals surface area (Å²) >= 11 is 0. The van der Waals surface area contributed by atoms with Crippen LogP contribution in [0.2, 0.25) is 0 Å². The second-order valence-electron chi connectivity index (χ2n) is 7.74. The number of ether oxygens (including phenoxy) is 1. The zero-order chi connectivity index (χ0) is 20.1. The van der Waals surface area contributed by atoms with Gasteiger partial charge < -0.3 is 15.0 Å². The zero-order valence-electron chi connectivity index (χ0n) is 16.5. The average molecular weight is 393 g/mol. The van der Waals surface area contributed by atoms with E-state index in [0.29, 0.717) is 44.4 Å². The lowest BCUT2D eigenvalue weighted by atomic mass is 10.0. The van der Waals surface area contributed by atoms with Gasteiger partial charge in [0.15, 0.2) is 0 Å². The average Bonchev–Trinajstić information content (AvgIpc) is 3.59. The fourth-order valence-electron chi connectivity index (χ4n) is 3.73. The summed E-state index contributed by atoms with van der Waals surface area (Å²) in [5.41, 5.74) is 1.18. The Morgan fingerprint density at radius 1 is 0.931 bits per heavy atom. The number of amides is 2. The second kappa shape index (κ2) is 9.09. The first-order valence-corrected chi connectivity index (χ1v) is 10.3. The van der Waals surface area contributed by atoms with Crippen LogP contribution < -0.4 is 10.1 Å². The van der Waals surface area contributed by atoms with Crippen LogP contribution in [-0.4, -0.2) is 54.5 Å². The predicted molar refractivity (Wildman–Crippen MR) is 111 cm³/mol. The van der Waals surface area contributed by atoms with Gasteiger partial charge in [-0.3, -0.25) is 9.69 Å². The molecule has 152 valence electrons. The lowest BCUT2D eigenvalue weighted by Gasteiger charge is -2.33. The SMILES string of the molecule is O=C(CN1CCN(C(=O)Oc2ccccc2)CC1)NC(c1ccccc1)C1CC1. The van der Waals surface area contributed by atoms with Crippen LogP contribution >= 0.6 is 0 Å². The van der Waals surface area contributed by atoms with E-state index in [1.807, 2.05) is 36.4 Å².